The fourth-order valence-electron chi connectivity index (χ4n) is 6.02. The van der Waals surface area contributed by atoms with Crippen LogP contribution in [0.4, 0.5) is 23.1 Å². The summed E-state index contributed by atoms with van der Waals surface area (Å²) in [6.45, 7) is 20.8. The summed E-state index contributed by atoms with van der Waals surface area (Å²) < 4.78 is 3.06. The molecule has 0 unspecified atom stereocenters. The summed E-state index contributed by atoms with van der Waals surface area (Å²) in [4.78, 5) is 16.1. The number of aromatic nitrogens is 6. The number of rotatable bonds is 7. The Morgan fingerprint density at radius 1 is 0.667 bits per heavy atom. The van der Waals surface area contributed by atoms with Gasteiger partial charge in [-0.15, -0.1) is 6.07 Å². The minimum absolute atomic E-state index is 0. The van der Waals surface area contributed by atoms with Crippen LogP contribution in [0.25, 0.3) is 38.7 Å². The van der Waals surface area contributed by atoms with Crippen LogP contribution in [0.15, 0.2) is 115 Å². The Balaban J connectivity index is 0.00000497. The molecule has 0 atom stereocenters. The second-order valence-corrected chi connectivity index (χ2v) is 14.8. The van der Waals surface area contributed by atoms with Crippen molar-refractivity contribution < 1.29 is 21.1 Å². The number of pyridine rings is 2. The van der Waals surface area contributed by atoms with Gasteiger partial charge in [0.05, 0.1) is 23.4 Å². The average Bonchev–Trinajstić information content (AvgIpc) is 3.85. The smallest absolute Gasteiger partial charge is 0.342 e. The van der Waals surface area contributed by atoms with E-state index >= 15 is 0 Å². The summed E-state index contributed by atoms with van der Waals surface area (Å²) in [7, 11) is 0. The minimum Gasteiger partial charge on any atom is -0.342 e. The van der Waals surface area contributed by atoms with Gasteiger partial charge in [-0.25, -0.2) is 15.0 Å². The van der Waals surface area contributed by atoms with Gasteiger partial charge >= 0.3 is 26.9 Å². The first-order valence-electron chi connectivity index (χ1n) is 17.3. The van der Waals surface area contributed by atoms with E-state index in [0.29, 0.717) is 23.3 Å². The summed E-state index contributed by atoms with van der Waals surface area (Å²) >= 11 is 0. The third-order valence-electron chi connectivity index (χ3n) is 8.94. The van der Waals surface area contributed by atoms with E-state index in [2.05, 4.69) is 93.2 Å². The molecule has 0 aliphatic rings. The van der Waals surface area contributed by atoms with Crippen molar-refractivity contribution in [3.05, 3.63) is 156 Å². The van der Waals surface area contributed by atoms with Crippen molar-refractivity contribution in [1.82, 2.24) is 29.5 Å². The Morgan fingerprint density at radius 3 is 1.57 bits per heavy atom. The van der Waals surface area contributed by atoms with Crippen LogP contribution >= 0.6 is 0 Å². The molecule has 10 heteroatoms. The van der Waals surface area contributed by atoms with Crippen LogP contribution in [0.5, 0.6) is 0 Å². The standard InChI is InChI=1S/C44H37N9.Pt/c1-43(2,3)32-26-33(44(4,5)6)28-35(27-32)53(39-20-18-36(30-14-10-8-11-15-30)41(47-39)51-24-22-34(29-45)49-51)40-21-19-37(31-16-12-9-13-17-31)42(48-40)52-25-23-38(46-7)50-52;/h8-23,26-28H,1-6H3;/q-2;+2. The quantitative estimate of drug-likeness (QED) is 0.148. The van der Waals surface area contributed by atoms with E-state index < -0.39 is 0 Å². The number of hydrogen-bond donors (Lipinski definition) is 0. The predicted octanol–water partition coefficient (Wildman–Crippen LogP) is 10.3. The normalized spacial score (nSPS) is 11.3. The molecule has 4 aromatic heterocycles. The van der Waals surface area contributed by atoms with Crippen molar-refractivity contribution in [2.75, 3.05) is 4.90 Å². The fraction of sp³-hybridized carbons (Fsp3) is 0.182. The Morgan fingerprint density at radius 2 is 1.15 bits per heavy atom. The molecule has 0 bridgehead atoms. The van der Waals surface area contributed by atoms with E-state index in [1.165, 1.54) is 9.36 Å². The number of anilines is 3. The number of nitriles is 1. The van der Waals surface area contributed by atoms with E-state index in [0.717, 1.165) is 39.1 Å². The summed E-state index contributed by atoms with van der Waals surface area (Å²) in [5.74, 6) is 2.39. The number of benzene rings is 3. The van der Waals surface area contributed by atoms with Gasteiger partial charge in [-0.2, -0.15) is 0 Å². The summed E-state index contributed by atoms with van der Waals surface area (Å²) in [6.07, 6.45) is 6.20. The molecular weight excluding hydrogens is 850 g/mol. The largest absolute Gasteiger partial charge is 2.00 e. The molecule has 54 heavy (non-hydrogen) atoms. The second kappa shape index (κ2) is 15.1. The number of hydrogen-bond acceptors (Lipinski definition) is 6. The van der Waals surface area contributed by atoms with Gasteiger partial charge in [-0.1, -0.05) is 133 Å². The van der Waals surface area contributed by atoms with E-state index in [4.69, 9.17) is 16.5 Å². The van der Waals surface area contributed by atoms with Crippen LogP contribution in [0, 0.1) is 30.3 Å². The maximum absolute atomic E-state index is 9.64. The molecule has 0 aliphatic heterocycles. The molecule has 0 aliphatic carbocycles. The van der Waals surface area contributed by atoms with Crippen molar-refractivity contribution in [1.29, 1.82) is 5.26 Å². The first-order valence-corrected chi connectivity index (χ1v) is 17.3. The summed E-state index contributed by atoms with van der Waals surface area (Å²) in [6, 6.07) is 39.8. The zero-order valence-electron chi connectivity index (χ0n) is 30.8. The van der Waals surface area contributed by atoms with Gasteiger partial charge in [-0.05, 0) is 85.8 Å². The Labute approximate surface area is 330 Å². The van der Waals surface area contributed by atoms with Gasteiger partial charge in [0.25, 0.3) is 0 Å². The first kappa shape index (κ1) is 37.6. The molecule has 0 amide bonds. The molecule has 3 aromatic carbocycles. The third-order valence-corrected chi connectivity index (χ3v) is 8.94. The van der Waals surface area contributed by atoms with Crippen molar-refractivity contribution in [3.63, 3.8) is 0 Å². The van der Waals surface area contributed by atoms with Crippen LogP contribution in [-0.2, 0) is 31.9 Å². The molecule has 0 saturated carbocycles. The van der Waals surface area contributed by atoms with Crippen LogP contribution in [0.2, 0.25) is 0 Å². The van der Waals surface area contributed by atoms with E-state index in [1.54, 1.807) is 12.1 Å². The van der Waals surface area contributed by atoms with Gasteiger partial charge in [0.15, 0.2) is 0 Å². The fourth-order valence-corrected chi connectivity index (χ4v) is 6.02. The van der Waals surface area contributed by atoms with Crippen molar-refractivity contribution in [2.24, 2.45) is 0 Å². The molecule has 0 saturated heterocycles. The molecule has 0 fully saturated rings. The maximum Gasteiger partial charge on any atom is 2.00 e. The van der Waals surface area contributed by atoms with Crippen molar-refractivity contribution in [2.45, 2.75) is 52.4 Å². The molecule has 0 radical (unpaired) electrons. The van der Waals surface area contributed by atoms with E-state index in [-0.39, 0.29) is 43.4 Å². The molecule has 7 aromatic rings. The average molecular weight is 887 g/mol. The van der Waals surface area contributed by atoms with Crippen molar-refractivity contribution >= 4 is 23.1 Å². The zero-order valence-corrected chi connectivity index (χ0v) is 33.1. The molecular formula is C44H37N9Pt. The maximum atomic E-state index is 9.64. The van der Waals surface area contributed by atoms with Crippen molar-refractivity contribution in [3.8, 4) is 40.0 Å². The van der Waals surface area contributed by atoms with Crippen LogP contribution in [0.3, 0.4) is 0 Å². The van der Waals surface area contributed by atoms with Crippen LogP contribution < -0.4 is 4.90 Å². The predicted molar refractivity (Wildman–Crippen MR) is 208 cm³/mol. The minimum atomic E-state index is -0.162. The summed E-state index contributed by atoms with van der Waals surface area (Å²) in [5.41, 5.74) is 6.64. The van der Waals surface area contributed by atoms with Gasteiger partial charge in [0, 0.05) is 5.69 Å². The van der Waals surface area contributed by atoms with E-state index in [1.807, 2.05) is 89.8 Å². The molecule has 7 rings (SSSR count). The monoisotopic (exact) mass is 886 g/mol. The Hall–Kier alpha value is -6.15. The van der Waals surface area contributed by atoms with Gasteiger partial charge in [-0.3, -0.25) is 14.9 Å². The second-order valence-electron chi connectivity index (χ2n) is 14.8. The molecule has 268 valence electrons. The Kier molecular flexibility index (Phi) is 10.5. The molecule has 0 spiro atoms. The van der Waals surface area contributed by atoms with Gasteiger partial charge < -0.3 is 9.53 Å². The van der Waals surface area contributed by atoms with Crippen LogP contribution in [0.1, 0.15) is 58.4 Å². The molecule has 0 N–H and O–H groups in total. The van der Waals surface area contributed by atoms with E-state index in [9.17, 15) is 5.26 Å². The number of nitrogens with zero attached hydrogens (tertiary/aromatic N) is 9. The molecule has 4 heterocycles. The van der Waals surface area contributed by atoms with Crippen LogP contribution in [-0.4, -0.2) is 29.5 Å². The summed E-state index contributed by atoms with van der Waals surface area (Å²) in [5, 5.41) is 18.6. The Bertz CT molecular complexity index is 2340. The van der Waals surface area contributed by atoms with Gasteiger partial charge in [0.2, 0.25) is 0 Å². The first-order chi connectivity index (χ1) is 25.4. The SMILES string of the molecule is [C-]#[N+]c1c[c-]n(-c2nc(N(c3cc(C(C)(C)C)cc(C(C)(C)C)c3)c3ccc(-c4ccccc4)c(-n4[c-]cc(C#N)n4)n3)ccc2-c2ccccc2)n1.[Pt+2]. The topological polar surface area (TPSA) is 92.8 Å². The van der Waals surface area contributed by atoms with Gasteiger partial charge in [0.1, 0.15) is 11.6 Å². The zero-order chi connectivity index (χ0) is 37.3. The molecule has 9 nitrogen and oxygen atoms in total. The third kappa shape index (κ3) is 7.64.